The minimum absolute atomic E-state index is 0. The molecule has 0 aliphatic heterocycles. The molecule has 1 rings (SSSR count). The Bertz CT molecular complexity index is 331. The second-order valence-corrected chi connectivity index (χ2v) is 3.81. The van der Waals surface area contributed by atoms with Gasteiger partial charge in [-0.25, -0.2) is 0 Å². The SMILES string of the molecule is C#CC1=C(C)CCC(C)=C(C#C)CC1.[Pt]. The third-order valence-corrected chi connectivity index (χ3v) is 2.88. The summed E-state index contributed by atoms with van der Waals surface area (Å²) in [5.41, 5.74) is 4.99. The Morgan fingerprint density at radius 1 is 0.800 bits per heavy atom. The molecule has 0 aromatic heterocycles. The quantitative estimate of drug-likeness (QED) is 0.566. The van der Waals surface area contributed by atoms with Crippen molar-refractivity contribution in [2.24, 2.45) is 0 Å². The van der Waals surface area contributed by atoms with E-state index in [1.807, 2.05) is 0 Å². The molecule has 0 saturated heterocycles. The monoisotopic (exact) mass is 379 g/mol. The van der Waals surface area contributed by atoms with Crippen molar-refractivity contribution in [3.8, 4) is 24.7 Å². The third-order valence-electron chi connectivity index (χ3n) is 2.88. The van der Waals surface area contributed by atoms with Crippen LogP contribution < -0.4 is 0 Å². The Morgan fingerprint density at radius 2 is 1.13 bits per heavy atom. The average molecular weight is 379 g/mol. The van der Waals surface area contributed by atoms with E-state index in [0.29, 0.717) is 0 Å². The summed E-state index contributed by atoms with van der Waals surface area (Å²) in [4.78, 5) is 0. The third kappa shape index (κ3) is 3.74. The topological polar surface area (TPSA) is 0 Å². The van der Waals surface area contributed by atoms with Gasteiger partial charge in [0, 0.05) is 32.2 Å². The van der Waals surface area contributed by atoms with Gasteiger partial charge in [0.15, 0.2) is 0 Å². The summed E-state index contributed by atoms with van der Waals surface area (Å²) < 4.78 is 0. The molecule has 0 heterocycles. The summed E-state index contributed by atoms with van der Waals surface area (Å²) in [5, 5.41) is 0. The minimum atomic E-state index is 0. The molecule has 0 spiro atoms. The smallest absolute Gasteiger partial charge is 0.00105 e. The summed E-state index contributed by atoms with van der Waals surface area (Å²) in [6.45, 7) is 4.26. The van der Waals surface area contributed by atoms with E-state index in [-0.39, 0.29) is 21.1 Å². The molecule has 1 aliphatic rings. The largest absolute Gasteiger partial charge is 0.115 e. The van der Waals surface area contributed by atoms with Crippen LogP contribution in [0.5, 0.6) is 0 Å². The van der Waals surface area contributed by atoms with Crippen molar-refractivity contribution < 1.29 is 21.1 Å². The summed E-state index contributed by atoms with van der Waals surface area (Å²) in [7, 11) is 0. The van der Waals surface area contributed by atoms with Gasteiger partial charge in [0.05, 0.1) is 0 Å². The molecule has 0 saturated carbocycles. The van der Waals surface area contributed by atoms with Crippen molar-refractivity contribution in [2.45, 2.75) is 39.5 Å². The first-order chi connectivity index (χ1) is 6.69. The normalized spacial score (nSPS) is 17.1. The number of hydrogen-bond donors (Lipinski definition) is 0. The van der Waals surface area contributed by atoms with Crippen LogP contribution in [-0.2, 0) is 21.1 Å². The fourth-order valence-electron chi connectivity index (χ4n) is 1.74. The van der Waals surface area contributed by atoms with Crippen LogP contribution in [0.4, 0.5) is 0 Å². The standard InChI is InChI=1S/C14H16.Pt/c1-5-13-9-10-14(6-2)12(4)8-7-11(13)3;/h1-2H,7-10H2,3-4H3;. The van der Waals surface area contributed by atoms with E-state index >= 15 is 0 Å². The summed E-state index contributed by atoms with van der Waals surface area (Å²) >= 11 is 0. The Balaban J connectivity index is 0.00000196. The number of hydrogen-bond acceptors (Lipinski definition) is 0. The van der Waals surface area contributed by atoms with Gasteiger partial charge in [0.1, 0.15) is 0 Å². The van der Waals surface area contributed by atoms with Crippen LogP contribution in [0.1, 0.15) is 39.5 Å². The first-order valence-corrected chi connectivity index (χ1v) is 4.99. The zero-order chi connectivity index (χ0) is 10.6. The van der Waals surface area contributed by atoms with Gasteiger partial charge in [-0.05, 0) is 39.5 Å². The maximum Gasteiger partial charge on any atom is 0.00105 e. The van der Waals surface area contributed by atoms with Gasteiger partial charge < -0.3 is 0 Å². The van der Waals surface area contributed by atoms with Crippen molar-refractivity contribution in [3.63, 3.8) is 0 Å². The van der Waals surface area contributed by atoms with E-state index in [0.717, 1.165) is 36.8 Å². The van der Waals surface area contributed by atoms with Crippen LogP contribution in [0.2, 0.25) is 0 Å². The zero-order valence-corrected chi connectivity index (χ0v) is 11.6. The number of rotatable bonds is 0. The van der Waals surface area contributed by atoms with Crippen molar-refractivity contribution in [3.05, 3.63) is 22.3 Å². The zero-order valence-electron chi connectivity index (χ0n) is 9.30. The van der Waals surface area contributed by atoms with Crippen LogP contribution in [0, 0.1) is 24.7 Å². The molecule has 15 heavy (non-hydrogen) atoms. The molecule has 0 radical (unpaired) electrons. The second-order valence-electron chi connectivity index (χ2n) is 3.81. The predicted octanol–water partition coefficient (Wildman–Crippen LogP) is 3.46. The van der Waals surface area contributed by atoms with Crippen LogP contribution in [0.15, 0.2) is 22.3 Å². The second kappa shape index (κ2) is 6.71. The molecule has 0 bridgehead atoms. The van der Waals surface area contributed by atoms with Gasteiger partial charge in [0.25, 0.3) is 0 Å². The van der Waals surface area contributed by atoms with Crippen LogP contribution in [-0.4, -0.2) is 0 Å². The molecule has 82 valence electrons. The molecule has 0 aromatic rings. The Hall–Kier alpha value is -0.712. The molecule has 0 aromatic carbocycles. The van der Waals surface area contributed by atoms with E-state index in [2.05, 4.69) is 25.7 Å². The van der Waals surface area contributed by atoms with E-state index in [1.54, 1.807) is 0 Å². The van der Waals surface area contributed by atoms with Gasteiger partial charge in [-0.1, -0.05) is 23.0 Å². The summed E-state index contributed by atoms with van der Waals surface area (Å²) in [6.07, 6.45) is 14.9. The van der Waals surface area contributed by atoms with Crippen LogP contribution in [0.25, 0.3) is 0 Å². The van der Waals surface area contributed by atoms with E-state index in [4.69, 9.17) is 12.8 Å². The average Bonchev–Trinajstić information content (AvgIpc) is 2.19. The predicted molar refractivity (Wildman–Crippen MR) is 61.5 cm³/mol. The van der Waals surface area contributed by atoms with Crippen LogP contribution in [0.3, 0.4) is 0 Å². The summed E-state index contributed by atoms with van der Waals surface area (Å²) in [5.74, 6) is 5.54. The van der Waals surface area contributed by atoms with Gasteiger partial charge in [-0.3, -0.25) is 0 Å². The maximum atomic E-state index is 5.46. The van der Waals surface area contributed by atoms with E-state index < -0.39 is 0 Å². The number of allylic oxidation sites excluding steroid dienone is 4. The Kier molecular flexibility index (Phi) is 6.39. The first-order valence-electron chi connectivity index (χ1n) is 4.99. The first kappa shape index (κ1) is 14.3. The van der Waals surface area contributed by atoms with Crippen molar-refractivity contribution in [1.82, 2.24) is 0 Å². The molecule has 0 nitrogen and oxygen atoms in total. The van der Waals surface area contributed by atoms with Gasteiger partial charge >= 0.3 is 0 Å². The van der Waals surface area contributed by atoms with E-state index in [1.165, 1.54) is 11.1 Å². The number of terminal acetylenes is 2. The fourth-order valence-corrected chi connectivity index (χ4v) is 1.74. The molecule has 0 unspecified atom stereocenters. The molecular formula is C14H16Pt. The van der Waals surface area contributed by atoms with Crippen molar-refractivity contribution in [2.75, 3.05) is 0 Å². The summed E-state index contributed by atoms with van der Waals surface area (Å²) in [6, 6.07) is 0. The molecule has 0 atom stereocenters. The Morgan fingerprint density at radius 3 is 1.40 bits per heavy atom. The molecule has 1 aliphatic carbocycles. The molecule has 0 amide bonds. The molecule has 0 N–H and O–H groups in total. The van der Waals surface area contributed by atoms with E-state index in [9.17, 15) is 0 Å². The van der Waals surface area contributed by atoms with Gasteiger partial charge in [0.2, 0.25) is 0 Å². The van der Waals surface area contributed by atoms with Crippen molar-refractivity contribution in [1.29, 1.82) is 0 Å². The molecular weight excluding hydrogens is 363 g/mol. The Labute approximate surface area is 107 Å². The van der Waals surface area contributed by atoms with Gasteiger partial charge in [-0.2, -0.15) is 0 Å². The maximum absolute atomic E-state index is 5.46. The molecule has 1 heteroatoms. The van der Waals surface area contributed by atoms with Crippen molar-refractivity contribution >= 4 is 0 Å². The fraction of sp³-hybridized carbons (Fsp3) is 0.429. The minimum Gasteiger partial charge on any atom is -0.115 e. The molecule has 0 fully saturated rings. The van der Waals surface area contributed by atoms with Crippen LogP contribution >= 0.6 is 0 Å². The van der Waals surface area contributed by atoms with Gasteiger partial charge in [-0.15, -0.1) is 12.8 Å².